The van der Waals surface area contributed by atoms with Crippen LogP contribution < -0.4 is 5.73 Å². The minimum absolute atomic E-state index is 0.0971. The molecule has 0 radical (unpaired) electrons. The zero-order valence-electron chi connectivity index (χ0n) is 8.16. The van der Waals surface area contributed by atoms with E-state index in [0.29, 0.717) is 0 Å². The summed E-state index contributed by atoms with van der Waals surface area (Å²) >= 11 is 0. The summed E-state index contributed by atoms with van der Waals surface area (Å²) in [5.74, 6) is -1.42. The van der Waals surface area contributed by atoms with Crippen molar-refractivity contribution in [3.63, 3.8) is 0 Å². The van der Waals surface area contributed by atoms with Crippen LogP contribution in [0.15, 0.2) is 18.2 Å². The number of carbonyl (C=O) groups is 1. The van der Waals surface area contributed by atoms with E-state index in [0.717, 1.165) is 18.2 Å². The highest BCUT2D eigenvalue weighted by atomic mass is 16.6. The minimum atomic E-state index is -1.25. The molecule has 0 aliphatic heterocycles. The summed E-state index contributed by atoms with van der Waals surface area (Å²) in [5.41, 5.74) is 5.11. The molecule has 0 spiro atoms. The zero-order chi connectivity index (χ0) is 12.3. The highest BCUT2D eigenvalue weighted by Crippen LogP contribution is 2.24. The number of nitrogens with two attached hydrogens (primary N) is 1. The van der Waals surface area contributed by atoms with Crippen LogP contribution in [0.4, 0.5) is 5.69 Å². The van der Waals surface area contributed by atoms with Crippen molar-refractivity contribution in [2.45, 2.75) is 12.5 Å². The van der Waals surface area contributed by atoms with Gasteiger partial charge in [-0.3, -0.25) is 14.9 Å². The van der Waals surface area contributed by atoms with E-state index in [1.165, 1.54) is 0 Å². The number of aliphatic carboxylic acids is 1. The quantitative estimate of drug-likeness (QED) is 0.499. The molecule has 1 rings (SSSR count). The number of aromatic hydroxyl groups is 1. The maximum atomic E-state index is 10.6. The molecule has 0 amide bonds. The van der Waals surface area contributed by atoms with Gasteiger partial charge in [0.15, 0.2) is 0 Å². The number of carboxylic acid groups (broad SMARTS) is 1. The number of phenolic OH excluding ortho intramolecular Hbond substituents is 1. The first kappa shape index (κ1) is 11.9. The van der Waals surface area contributed by atoms with E-state index in [1.807, 2.05) is 0 Å². The fourth-order valence-corrected chi connectivity index (χ4v) is 1.24. The third-order valence-corrected chi connectivity index (χ3v) is 2.02. The van der Waals surface area contributed by atoms with Crippen LogP contribution >= 0.6 is 0 Å². The summed E-state index contributed by atoms with van der Waals surface area (Å²) in [6, 6.07) is 2.18. The van der Waals surface area contributed by atoms with Crippen molar-refractivity contribution < 1.29 is 19.9 Å². The van der Waals surface area contributed by atoms with Crippen LogP contribution in [0.1, 0.15) is 5.56 Å². The Hall–Kier alpha value is -2.15. The van der Waals surface area contributed by atoms with Gasteiger partial charge in [-0.05, 0) is 12.1 Å². The van der Waals surface area contributed by atoms with Crippen LogP contribution in [0.25, 0.3) is 0 Å². The Bertz CT molecular complexity index is 432. The summed E-state index contributed by atoms with van der Waals surface area (Å²) in [6.07, 6.45) is -0.208. The lowest BCUT2D eigenvalue weighted by molar-refractivity contribution is -0.385. The lowest BCUT2D eigenvalue weighted by Crippen LogP contribution is -2.32. The number of nitro groups is 1. The van der Waals surface area contributed by atoms with Crippen molar-refractivity contribution >= 4 is 11.7 Å². The van der Waals surface area contributed by atoms with E-state index in [1.54, 1.807) is 0 Å². The average molecular weight is 226 g/mol. The van der Waals surface area contributed by atoms with E-state index in [9.17, 15) is 14.9 Å². The number of hydrogen-bond acceptors (Lipinski definition) is 5. The zero-order valence-corrected chi connectivity index (χ0v) is 8.16. The molecule has 16 heavy (non-hydrogen) atoms. The molecule has 7 heteroatoms. The van der Waals surface area contributed by atoms with Crippen LogP contribution in [0.5, 0.6) is 5.75 Å². The molecule has 0 aliphatic rings. The SMILES string of the molecule is N[C@H](Cc1cc(O)ccc1[N+](=O)[O-])C(=O)O. The van der Waals surface area contributed by atoms with Gasteiger partial charge in [0.2, 0.25) is 0 Å². The molecule has 1 atom stereocenters. The van der Waals surface area contributed by atoms with Gasteiger partial charge in [0, 0.05) is 18.1 Å². The molecule has 1 aromatic carbocycles. The van der Waals surface area contributed by atoms with Gasteiger partial charge in [-0.15, -0.1) is 0 Å². The van der Waals surface area contributed by atoms with Gasteiger partial charge in [0.25, 0.3) is 5.69 Å². The normalized spacial score (nSPS) is 12.1. The first-order valence-electron chi connectivity index (χ1n) is 4.36. The molecule has 0 aromatic heterocycles. The number of carboxylic acids is 1. The Balaban J connectivity index is 3.05. The number of nitrogens with zero attached hydrogens (tertiary/aromatic N) is 1. The van der Waals surface area contributed by atoms with Gasteiger partial charge < -0.3 is 15.9 Å². The molecule has 0 heterocycles. The average Bonchev–Trinajstić information content (AvgIpc) is 2.16. The van der Waals surface area contributed by atoms with Crippen LogP contribution in [0.3, 0.4) is 0 Å². The molecule has 0 aliphatic carbocycles. The highest BCUT2D eigenvalue weighted by molar-refractivity contribution is 5.73. The molecule has 0 saturated carbocycles. The number of nitro benzene ring substituents is 1. The third-order valence-electron chi connectivity index (χ3n) is 2.02. The molecule has 0 unspecified atom stereocenters. The predicted octanol–water partition coefficient (Wildman–Crippen LogP) is 0.255. The Labute approximate surface area is 90.3 Å². The first-order chi connectivity index (χ1) is 7.41. The van der Waals surface area contributed by atoms with Crippen LogP contribution in [-0.4, -0.2) is 27.1 Å². The lowest BCUT2D eigenvalue weighted by atomic mass is 10.0. The lowest BCUT2D eigenvalue weighted by Gasteiger charge is -2.07. The Kier molecular flexibility index (Phi) is 3.41. The van der Waals surface area contributed by atoms with Gasteiger partial charge in [0.05, 0.1) is 4.92 Å². The van der Waals surface area contributed by atoms with Crippen molar-refractivity contribution in [1.82, 2.24) is 0 Å². The highest BCUT2D eigenvalue weighted by Gasteiger charge is 2.20. The number of hydrogen-bond donors (Lipinski definition) is 3. The predicted molar refractivity (Wildman–Crippen MR) is 54.1 cm³/mol. The molecule has 0 bridgehead atoms. The van der Waals surface area contributed by atoms with Gasteiger partial charge in [-0.25, -0.2) is 0 Å². The second-order valence-corrected chi connectivity index (χ2v) is 3.22. The number of phenols is 1. The standard InChI is InChI=1S/C9H10N2O5/c10-7(9(13)14)4-5-3-6(12)1-2-8(5)11(15)16/h1-3,7,12H,4,10H2,(H,13,14)/t7-/m1/s1. The molecular formula is C9H10N2O5. The maximum absolute atomic E-state index is 10.6. The van der Waals surface area contributed by atoms with E-state index in [2.05, 4.69) is 0 Å². The smallest absolute Gasteiger partial charge is 0.320 e. The maximum Gasteiger partial charge on any atom is 0.320 e. The van der Waals surface area contributed by atoms with Crippen molar-refractivity contribution in [3.8, 4) is 5.75 Å². The van der Waals surface area contributed by atoms with Gasteiger partial charge in [-0.1, -0.05) is 0 Å². The number of rotatable bonds is 4. The third kappa shape index (κ3) is 2.67. The second-order valence-electron chi connectivity index (χ2n) is 3.22. The molecule has 7 nitrogen and oxygen atoms in total. The minimum Gasteiger partial charge on any atom is -0.508 e. The van der Waals surface area contributed by atoms with Crippen molar-refractivity contribution in [1.29, 1.82) is 0 Å². The van der Waals surface area contributed by atoms with E-state index < -0.39 is 16.9 Å². The van der Waals surface area contributed by atoms with E-state index in [4.69, 9.17) is 15.9 Å². The van der Waals surface area contributed by atoms with Crippen molar-refractivity contribution in [2.24, 2.45) is 5.73 Å². The Morgan fingerprint density at radius 2 is 2.19 bits per heavy atom. The molecule has 4 N–H and O–H groups in total. The Morgan fingerprint density at radius 3 is 2.69 bits per heavy atom. The van der Waals surface area contributed by atoms with Crippen LogP contribution in [-0.2, 0) is 11.2 Å². The molecule has 86 valence electrons. The summed E-state index contributed by atoms with van der Waals surface area (Å²) < 4.78 is 0. The van der Waals surface area contributed by atoms with Crippen LogP contribution in [0.2, 0.25) is 0 Å². The van der Waals surface area contributed by atoms with Gasteiger partial charge in [-0.2, -0.15) is 0 Å². The van der Waals surface area contributed by atoms with E-state index >= 15 is 0 Å². The summed E-state index contributed by atoms with van der Waals surface area (Å²) in [7, 11) is 0. The Morgan fingerprint density at radius 1 is 1.56 bits per heavy atom. The summed E-state index contributed by atoms with van der Waals surface area (Å²) in [5, 5.41) is 28.4. The monoisotopic (exact) mass is 226 g/mol. The topological polar surface area (TPSA) is 127 Å². The number of benzene rings is 1. The first-order valence-corrected chi connectivity index (χ1v) is 4.36. The van der Waals surface area contributed by atoms with E-state index in [-0.39, 0.29) is 23.4 Å². The largest absolute Gasteiger partial charge is 0.508 e. The molecule has 0 fully saturated rings. The second kappa shape index (κ2) is 4.58. The van der Waals surface area contributed by atoms with Gasteiger partial charge in [0.1, 0.15) is 11.8 Å². The molecular weight excluding hydrogens is 216 g/mol. The summed E-state index contributed by atoms with van der Waals surface area (Å²) in [4.78, 5) is 20.5. The van der Waals surface area contributed by atoms with Gasteiger partial charge >= 0.3 is 5.97 Å². The van der Waals surface area contributed by atoms with Crippen LogP contribution in [0, 0.1) is 10.1 Å². The molecule has 1 aromatic rings. The summed E-state index contributed by atoms with van der Waals surface area (Å²) in [6.45, 7) is 0. The fourth-order valence-electron chi connectivity index (χ4n) is 1.24. The molecule has 0 saturated heterocycles. The van der Waals surface area contributed by atoms with Crippen molar-refractivity contribution in [2.75, 3.05) is 0 Å². The fraction of sp³-hybridized carbons (Fsp3) is 0.222. The van der Waals surface area contributed by atoms with Crippen molar-refractivity contribution in [3.05, 3.63) is 33.9 Å².